The van der Waals surface area contributed by atoms with Crippen molar-refractivity contribution in [3.05, 3.63) is 118 Å². The number of esters is 1. The van der Waals surface area contributed by atoms with E-state index in [0.29, 0.717) is 81.2 Å². The number of nitrogens with zero attached hydrogens (tertiary/aromatic N) is 4. The van der Waals surface area contributed by atoms with Crippen LogP contribution in [0.2, 0.25) is 5.02 Å². The Balaban J connectivity index is 0.000000238. The van der Waals surface area contributed by atoms with Gasteiger partial charge < -0.3 is 39.8 Å². The Morgan fingerprint density at radius 1 is 0.714 bits per heavy atom. The highest BCUT2D eigenvalue weighted by Crippen LogP contribution is 2.36. The van der Waals surface area contributed by atoms with Gasteiger partial charge in [-0.2, -0.15) is 10.5 Å². The first-order valence-corrected chi connectivity index (χ1v) is 20.3. The maximum Gasteiger partial charge on any atom is 0.341 e. The van der Waals surface area contributed by atoms with Crippen molar-refractivity contribution >= 4 is 41.1 Å². The molecule has 330 valence electrons. The van der Waals surface area contributed by atoms with Gasteiger partial charge in [0.15, 0.2) is 13.2 Å². The standard InChI is InChI=1S/C23H22ClFN2O4.C23H25FN4O4/c1-30-22(29)19-12-17(24)4-7-20(19)31-14-21(28)27-10-8-23(15-26,9-11-27)13-16-2-5-18(25)6-3-16;1-31-18-6-7-19(27-22(26)30)20(12-18)32-14-21(29)28-10-8-23(15-25,9-11-28)13-16-2-4-17(24)5-3-16/h2-7,12H,8-11,13-14H2,1H3;2-7,12H,8-11,13-14H2,1H3,(H3,26,27,30). The van der Waals surface area contributed by atoms with Gasteiger partial charge in [-0.3, -0.25) is 9.59 Å². The number of anilines is 1. The molecule has 2 fully saturated rings. The number of halogens is 3. The van der Waals surface area contributed by atoms with Crippen LogP contribution in [0.3, 0.4) is 0 Å². The van der Waals surface area contributed by atoms with Crippen LogP contribution < -0.4 is 25.3 Å². The lowest BCUT2D eigenvalue weighted by Gasteiger charge is -2.37. The third kappa shape index (κ3) is 13.0. The molecule has 2 heterocycles. The van der Waals surface area contributed by atoms with E-state index in [-0.39, 0.29) is 53.7 Å². The Morgan fingerprint density at radius 3 is 1.62 bits per heavy atom. The van der Waals surface area contributed by atoms with E-state index in [0.717, 1.165) is 11.1 Å². The molecule has 0 radical (unpaired) electrons. The first kappa shape index (κ1) is 47.1. The number of rotatable bonds is 13. The molecule has 0 aromatic heterocycles. The molecule has 14 nitrogen and oxygen atoms in total. The van der Waals surface area contributed by atoms with E-state index in [4.69, 9.17) is 36.3 Å². The lowest BCUT2D eigenvalue weighted by Crippen LogP contribution is -2.45. The average Bonchev–Trinajstić information content (AvgIpc) is 3.29. The maximum atomic E-state index is 13.2. The summed E-state index contributed by atoms with van der Waals surface area (Å²) < 4.78 is 47.4. The molecule has 4 amide bonds. The van der Waals surface area contributed by atoms with E-state index in [1.165, 1.54) is 50.6 Å². The summed E-state index contributed by atoms with van der Waals surface area (Å²) in [5.41, 5.74) is 6.25. The molecule has 2 saturated heterocycles. The van der Waals surface area contributed by atoms with Crippen molar-refractivity contribution in [2.75, 3.05) is 58.9 Å². The predicted octanol–water partition coefficient (Wildman–Crippen LogP) is 7.10. The van der Waals surface area contributed by atoms with Gasteiger partial charge in [-0.05, 0) is 104 Å². The van der Waals surface area contributed by atoms with E-state index < -0.39 is 22.8 Å². The number of urea groups is 1. The predicted molar refractivity (Wildman–Crippen MR) is 228 cm³/mol. The molecule has 2 aliphatic heterocycles. The van der Waals surface area contributed by atoms with Gasteiger partial charge in [0.05, 0.1) is 42.9 Å². The number of nitriles is 2. The minimum absolute atomic E-state index is 0.143. The number of hydrogen-bond acceptors (Lipinski definition) is 10. The van der Waals surface area contributed by atoms with Gasteiger partial charge in [0.2, 0.25) is 0 Å². The van der Waals surface area contributed by atoms with Gasteiger partial charge in [0, 0.05) is 37.3 Å². The van der Waals surface area contributed by atoms with Crippen LogP contribution in [0.25, 0.3) is 0 Å². The number of amides is 4. The summed E-state index contributed by atoms with van der Waals surface area (Å²) in [6, 6.07) is 25.6. The highest BCUT2D eigenvalue weighted by Gasteiger charge is 2.38. The van der Waals surface area contributed by atoms with Crippen molar-refractivity contribution in [3.8, 4) is 29.4 Å². The van der Waals surface area contributed by atoms with Gasteiger partial charge in [0.25, 0.3) is 11.8 Å². The van der Waals surface area contributed by atoms with E-state index in [1.54, 1.807) is 58.3 Å². The van der Waals surface area contributed by atoms with Crippen LogP contribution >= 0.6 is 11.6 Å². The molecule has 4 aromatic rings. The number of nitrogens with one attached hydrogen (secondary N) is 1. The first-order chi connectivity index (χ1) is 30.2. The summed E-state index contributed by atoms with van der Waals surface area (Å²) in [4.78, 5) is 51.7. The highest BCUT2D eigenvalue weighted by atomic mass is 35.5. The molecule has 17 heteroatoms. The van der Waals surface area contributed by atoms with Gasteiger partial charge >= 0.3 is 12.0 Å². The number of primary amides is 1. The SMILES string of the molecule is COC(=O)c1cc(Cl)ccc1OCC(=O)N1CCC(C#N)(Cc2ccc(F)cc2)CC1.COc1ccc(NC(N)=O)c(OCC(=O)N2CCC(C#N)(Cc3ccc(F)cc3)CC2)c1. The summed E-state index contributed by atoms with van der Waals surface area (Å²) in [7, 11) is 2.74. The molecule has 3 N–H and O–H groups in total. The number of benzene rings is 4. The minimum atomic E-state index is -0.753. The smallest absolute Gasteiger partial charge is 0.341 e. The summed E-state index contributed by atoms with van der Waals surface area (Å²) in [6.07, 6.45) is 3.08. The van der Waals surface area contributed by atoms with Gasteiger partial charge in [-0.15, -0.1) is 0 Å². The van der Waals surface area contributed by atoms with Crippen molar-refractivity contribution in [2.45, 2.75) is 38.5 Å². The Hall–Kier alpha value is -6.91. The second kappa shape index (κ2) is 21.7. The normalized spacial score (nSPS) is 15.0. The number of likely N-dealkylation sites (tertiary alicyclic amines) is 2. The number of piperidine rings is 2. The van der Waals surface area contributed by atoms with Crippen molar-refractivity contribution in [3.63, 3.8) is 0 Å². The van der Waals surface area contributed by atoms with Crippen molar-refractivity contribution in [1.82, 2.24) is 9.80 Å². The fourth-order valence-corrected chi connectivity index (χ4v) is 7.53. The zero-order valence-corrected chi connectivity index (χ0v) is 35.6. The number of methoxy groups -OCH3 is 2. The third-order valence-electron chi connectivity index (χ3n) is 11.0. The highest BCUT2D eigenvalue weighted by molar-refractivity contribution is 6.31. The Labute approximate surface area is 369 Å². The molecule has 0 aliphatic carbocycles. The maximum absolute atomic E-state index is 13.2. The summed E-state index contributed by atoms with van der Waals surface area (Å²) >= 11 is 5.93. The van der Waals surface area contributed by atoms with E-state index >= 15 is 0 Å². The van der Waals surface area contributed by atoms with Crippen LogP contribution in [0.15, 0.2) is 84.9 Å². The molecule has 0 atom stereocenters. The van der Waals surface area contributed by atoms with Crippen LogP contribution in [0.4, 0.5) is 19.3 Å². The largest absolute Gasteiger partial charge is 0.497 e. The topological polar surface area (TPSA) is 197 Å². The fourth-order valence-electron chi connectivity index (χ4n) is 7.35. The molecule has 0 saturated carbocycles. The Bertz CT molecular complexity index is 2340. The van der Waals surface area contributed by atoms with Crippen LogP contribution in [-0.2, 0) is 27.2 Å². The minimum Gasteiger partial charge on any atom is -0.497 e. The third-order valence-corrected chi connectivity index (χ3v) is 11.3. The molecule has 0 bridgehead atoms. The van der Waals surface area contributed by atoms with Crippen molar-refractivity contribution in [1.29, 1.82) is 10.5 Å². The van der Waals surface area contributed by atoms with Crippen molar-refractivity contribution in [2.24, 2.45) is 16.6 Å². The lowest BCUT2D eigenvalue weighted by atomic mass is 9.75. The second-order valence-electron chi connectivity index (χ2n) is 15.2. The lowest BCUT2D eigenvalue weighted by molar-refractivity contribution is -0.136. The quantitative estimate of drug-likeness (QED) is 0.131. The van der Waals surface area contributed by atoms with Crippen LogP contribution in [-0.4, -0.2) is 87.2 Å². The van der Waals surface area contributed by atoms with Gasteiger partial charge in [0.1, 0.15) is 34.4 Å². The first-order valence-electron chi connectivity index (χ1n) is 19.9. The number of nitrogens with two attached hydrogens (primary N) is 1. The molecule has 63 heavy (non-hydrogen) atoms. The Kier molecular flexibility index (Phi) is 16.3. The molecular weight excluding hydrogens is 838 g/mol. The van der Waals surface area contributed by atoms with E-state index in [1.807, 2.05) is 0 Å². The van der Waals surface area contributed by atoms with Crippen LogP contribution in [0.1, 0.15) is 47.2 Å². The van der Waals surface area contributed by atoms with Crippen LogP contribution in [0, 0.1) is 45.1 Å². The second-order valence-corrected chi connectivity index (χ2v) is 15.6. The molecule has 0 unspecified atom stereocenters. The van der Waals surface area contributed by atoms with Crippen LogP contribution in [0.5, 0.6) is 17.2 Å². The summed E-state index contributed by atoms with van der Waals surface area (Å²) in [6.45, 7) is 1.19. The molecule has 0 spiro atoms. The monoisotopic (exact) mass is 884 g/mol. The molecular formula is C46H47ClF2N6O8. The Morgan fingerprint density at radius 2 is 1.19 bits per heavy atom. The molecule has 4 aromatic carbocycles. The van der Waals surface area contributed by atoms with Crippen molar-refractivity contribution < 1.29 is 46.9 Å². The molecule has 6 rings (SSSR count). The zero-order valence-electron chi connectivity index (χ0n) is 34.8. The molecule has 2 aliphatic rings. The summed E-state index contributed by atoms with van der Waals surface area (Å²) in [5.74, 6) is -0.732. The zero-order chi connectivity index (χ0) is 45.6. The number of ether oxygens (including phenoxy) is 4. The van der Waals surface area contributed by atoms with Gasteiger partial charge in [-0.1, -0.05) is 35.9 Å². The van der Waals surface area contributed by atoms with E-state index in [9.17, 15) is 38.5 Å². The fraction of sp³-hybridized carbons (Fsp3) is 0.348. The van der Waals surface area contributed by atoms with Gasteiger partial charge in [-0.25, -0.2) is 18.4 Å². The van der Waals surface area contributed by atoms with E-state index in [2.05, 4.69) is 17.5 Å². The number of hydrogen-bond donors (Lipinski definition) is 2. The number of carbonyl (C=O) groups is 4. The summed E-state index contributed by atoms with van der Waals surface area (Å²) in [5, 5.41) is 22.3. The number of carbonyl (C=O) groups excluding carboxylic acids is 4. The average molecular weight is 885 g/mol.